The predicted octanol–water partition coefficient (Wildman–Crippen LogP) is 2.97. The molecular weight excluding hydrogens is 303 g/mol. The van der Waals surface area contributed by atoms with Crippen molar-refractivity contribution in [1.29, 1.82) is 0 Å². The van der Waals surface area contributed by atoms with E-state index in [0.29, 0.717) is 11.6 Å². The number of hydrogen-bond donors (Lipinski definition) is 2. The lowest BCUT2D eigenvalue weighted by Gasteiger charge is -2.15. The topological polar surface area (TPSA) is 41.1 Å². The zero-order valence-electron chi connectivity index (χ0n) is 11.3. The van der Waals surface area contributed by atoms with Crippen LogP contribution >= 0.6 is 35.8 Å². The highest BCUT2D eigenvalue weighted by atomic mass is 35.5. The molecule has 2 N–H and O–H groups in total. The van der Waals surface area contributed by atoms with Crippen molar-refractivity contribution in [2.24, 2.45) is 0 Å². The van der Waals surface area contributed by atoms with Crippen LogP contribution in [0.3, 0.4) is 0 Å². The number of rotatable bonds is 6. The van der Waals surface area contributed by atoms with Gasteiger partial charge in [0.05, 0.1) is 5.25 Å². The van der Waals surface area contributed by atoms with E-state index in [-0.39, 0.29) is 29.6 Å². The van der Waals surface area contributed by atoms with Crippen LogP contribution in [0.25, 0.3) is 0 Å². The van der Waals surface area contributed by atoms with Crippen LogP contribution in [-0.4, -0.2) is 30.8 Å². The van der Waals surface area contributed by atoms with Gasteiger partial charge in [-0.3, -0.25) is 4.79 Å². The summed E-state index contributed by atoms with van der Waals surface area (Å²) in [5.74, 6) is 0.0528. The van der Waals surface area contributed by atoms with Crippen LogP contribution in [0.2, 0.25) is 5.02 Å². The molecule has 19 heavy (non-hydrogen) atoms. The molecule has 0 radical (unpaired) electrons. The van der Waals surface area contributed by atoms with E-state index in [1.807, 2.05) is 45.2 Å². The van der Waals surface area contributed by atoms with E-state index in [1.165, 1.54) is 11.8 Å². The van der Waals surface area contributed by atoms with Gasteiger partial charge in [0.2, 0.25) is 5.91 Å². The number of likely N-dealkylation sites (N-methyl/N-ethyl adjacent to an activating group) is 1. The number of carbonyl (C=O) groups excluding carboxylic acids is 1. The summed E-state index contributed by atoms with van der Waals surface area (Å²) >= 11 is 7.34. The lowest BCUT2D eigenvalue weighted by atomic mass is 10.3. The maximum absolute atomic E-state index is 11.8. The second-order valence-corrected chi connectivity index (χ2v) is 6.00. The summed E-state index contributed by atoms with van der Waals surface area (Å²) in [5, 5.41) is 6.59. The molecule has 1 amide bonds. The largest absolute Gasteiger partial charge is 0.354 e. The zero-order chi connectivity index (χ0) is 13.5. The third kappa shape index (κ3) is 7.06. The standard InChI is InChI=1S/C13H19ClN2OS.ClH/c1-9(15-3)8-16-13(17)10(2)18-12-6-4-11(14)5-7-12;/h4-7,9-10,15H,8H2,1-3H3,(H,16,17);1H. The summed E-state index contributed by atoms with van der Waals surface area (Å²) in [6.07, 6.45) is 0. The van der Waals surface area contributed by atoms with Crippen molar-refractivity contribution in [2.75, 3.05) is 13.6 Å². The lowest BCUT2D eigenvalue weighted by molar-refractivity contribution is -0.120. The Hall–Kier alpha value is -0.420. The first-order chi connectivity index (χ1) is 8.52. The molecule has 0 fully saturated rings. The Morgan fingerprint density at radius 1 is 1.32 bits per heavy atom. The minimum absolute atomic E-state index is 0. The molecule has 2 atom stereocenters. The average Bonchev–Trinajstić information content (AvgIpc) is 2.38. The third-order valence-corrected chi connectivity index (χ3v) is 3.93. The lowest BCUT2D eigenvalue weighted by Crippen LogP contribution is -2.40. The van der Waals surface area contributed by atoms with E-state index < -0.39 is 0 Å². The Morgan fingerprint density at radius 3 is 2.42 bits per heavy atom. The summed E-state index contributed by atoms with van der Waals surface area (Å²) in [7, 11) is 1.88. The van der Waals surface area contributed by atoms with Gasteiger partial charge >= 0.3 is 0 Å². The Balaban J connectivity index is 0.00000324. The summed E-state index contributed by atoms with van der Waals surface area (Å²) in [6.45, 7) is 4.57. The van der Waals surface area contributed by atoms with Crippen molar-refractivity contribution < 1.29 is 4.79 Å². The molecular formula is C13H20Cl2N2OS. The molecule has 0 heterocycles. The monoisotopic (exact) mass is 322 g/mol. The molecule has 0 saturated heterocycles. The van der Waals surface area contributed by atoms with Gasteiger partial charge in [-0.15, -0.1) is 24.2 Å². The van der Waals surface area contributed by atoms with Gasteiger partial charge in [-0.1, -0.05) is 11.6 Å². The van der Waals surface area contributed by atoms with E-state index in [4.69, 9.17) is 11.6 Å². The van der Waals surface area contributed by atoms with Crippen molar-refractivity contribution in [3.63, 3.8) is 0 Å². The minimum atomic E-state index is -0.116. The Labute approximate surface area is 130 Å². The molecule has 0 aliphatic carbocycles. The first-order valence-corrected chi connectivity index (χ1v) is 7.16. The molecule has 1 aromatic carbocycles. The summed E-state index contributed by atoms with van der Waals surface area (Å²) in [5.41, 5.74) is 0. The normalized spacial score (nSPS) is 13.3. The molecule has 1 rings (SSSR count). The molecule has 3 nitrogen and oxygen atoms in total. The third-order valence-electron chi connectivity index (χ3n) is 2.57. The predicted molar refractivity (Wildman–Crippen MR) is 85.6 cm³/mol. The van der Waals surface area contributed by atoms with Gasteiger partial charge in [0.1, 0.15) is 0 Å². The zero-order valence-corrected chi connectivity index (χ0v) is 13.7. The fourth-order valence-electron chi connectivity index (χ4n) is 1.27. The average molecular weight is 323 g/mol. The number of hydrogen-bond acceptors (Lipinski definition) is 3. The van der Waals surface area contributed by atoms with Crippen LogP contribution in [0, 0.1) is 0 Å². The number of halogens is 2. The van der Waals surface area contributed by atoms with E-state index in [2.05, 4.69) is 10.6 Å². The van der Waals surface area contributed by atoms with Gasteiger partial charge in [0.15, 0.2) is 0 Å². The summed E-state index contributed by atoms with van der Waals surface area (Å²) < 4.78 is 0. The van der Waals surface area contributed by atoms with E-state index >= 15 is 0 Å². The molecule has 0 aromatic heterocycles. The van der Waals surface area contributed by atoms with Gasteiger partial charge in [-0.2, -0.15) is 0 Å². The van der Waals surface area contributed by atoms with Crippen LogP contribution in [-0.2, 0) is 4.79 Å². The highest BCUT2D eigenvalue weighted by Crippen LogP contribution is 2.24. The highest BCUT2D eigenvalue weighted by Gasteiger charge is 2.14. The maximum Gasteiger partial charge on any atom is 0.233 e. The molecule has 0 saturated carbocycles. The van der Waals surface area contributed by atoms with Crippen molar-refractivity contribution in [3.8, 4) is 0 Å². The number of amides is 1. The first kappa shape index (κ1) is 18.6. The van der Waals surface area contributed by atoms with Crippen LogP contribution in [0.4, 0.5) is 0 Å². The molecule has 0 aliphatic heterocycles. The van der Waals surface area contributed by atoms with Crippen LogP contribution < -0.4 is 10.6 Å². The fourth-order valence-corrected chi connectivity index (χ4v) is 2.29. The van der Waals surface area contributed by atoms with Crippen molar-refractivity contribution in [3.05, 3.63) is 29.3 Å². The molecule has 6 heteroatoms. The van der Waals surface area contributed by atoms with Gasteiger partial charge in [-0.05, 0) is 45.2 Å². The highest BCUT2D eigenvalue weighted by molar-refractivity contribution is 8.00. The Morgan fingerprint density at radius 2 is 1.89 bits per heavy atom. The maximum atomic E-state index is 11.8. The van der Waals surface area contributed by atoms with E-state index in [0.717, 1.165) is 4.90 Å². The molecule has 0 spiro atoms. The molecule has 0 bridgehead atoms. The second-order valence-electron chi connectivity index (χ2n) is 4.15. The molecule has 0 aliphatic rings. The number of thioether (sulfide) groups is 1. The van der Waals surface area contributed by atoms with E-state index in [9.17, 15) is 4.79 Å². The van der Waals surface area contributed by atoms with Gasteiger partial charge in [-0.25, -0.2) is 0 Å². The van der Waals surface area contributed by atoms with Gasteiger partial charge < -0.3 is 10.6 Å². The van der Waals surface area contributed by atoms with Gasteiger partial charge in [0, 0.05) is 22.5 Å². The van der Waals surface area contributed by atoms with Crippen LogP contribution in [0.15, 0.2) is 29.2 Å². The summed E-state index contributed by atoms with van der Waals surface area (Å²) in [6, 6.07) is 7.79. The number of carbonyl (C=O) groups is 1. The second kappa shape index (κ2) is 9.48. The molecule has 108 valence electrons. The van der Waals surface area contributed by atoms with Gasteiger partial charge in [0.25, 0.3) is 0 Å². The minimum Gasteiger partial charge on any atom is -0.354 e. The molecule has 2 unspecified atom stereocenters. The molecule has 1 aromatic rings. The number of benzene rings is 1. The Kier molecular flexibility index (Phi) is 9.27. The smallest absolute Gasteiger partial charge is 0.233 e. The Bertz CT molecular complexity index is 387. The van der Waals surface area contributed by atoms with Crippen LogP contribution in [0.5, 0.6) is 0 Å². The quantitative estimate of drug-likeness (QED) is 0.791. The summed E-state index contributed by atoms with van der Waals surface area (Å²) in [4.78, 5) is 12.9. The van der Waals surface area contributed by atoms with Crippen LogP contribution in [0.1, 0.15) is 13.8 Å². The van der Waals surface area contributed by atoms with Crippen molar-refractivity contribution in [2.45, 2.75) is 30.0 Å². The van der Waals surface area contributed by atoms with Crippen molar-refractivity contribution >= 4 is 41.7 Å². The SMILES string of the molecule is CNC(C)CNC(=O)C(C)Sc1ccc(Cl)cc1.Cl. The van der Waals surface area contributed by atoms with Crippen molar-refractivity contribution in [1.82, 2.24) is 10.6 Å². The first-order valence-electron chi connectivity index (χ1n) is 5.90. The fraction of sp³-hybridized carbons (Fsp3) is 0.462. The van der Waals surface area contributed by atoms with E-state index in [1.54, 1.807) is 0 Å². The number of nitrogens with one attached hydrogen (secondary N) is 2.